The number of carbonyl (C=O) groups excluding carboxylic acids is 1. The Hall–Kier alpha value is -2.36. The molecule has 0 fully saturated rings. The molecule has 4 rings (SSSR count). The minimum Gasteiger partial charge on any atom is -0.343 e. The zero-order chi connectivity index (χ0) is 17.8. The maximum atomic E-state index is 13.1. The first-order chi connectivity index (χ1) is 11.9. The number of benzene rings is 1. The topological polar surface area (TPSA) is 46.9 Å². The first-order valence-corrected chi connectivity index (χ1v) is 9.03. The van der Waals surface area contributed by atoms with Gasteiger partial charge in [0, 0.05) is 35.2 Å². The third-order valence-corrected chi connectivity index (χ3v) is 5.23. The van der Waals surface area contributed by atoms with Crippen molar-refractivity contribution in [2.45, 2.75) is 52.5 Å². The van der Waals surface area contributed by atoms with E-state index in [0.29, 0.717) is 6.42 Å². The zero-order valence-electron chi connectivity index (χ0n) is 15.3. The molecule has 1 aliphatic heterocycles. The molecule has 0 bridgehead atoms. The monoisotopic (exact) mass is 335 g/mol. The van der Waals surface area contributed by atoms with Gasteiger partial charge in [-0.1, -0.05) is 44.2 Å². The Labute approximate surface area is 148 Å². The number of hydrogen-bond acceptors (Lipinski definition) is 3. The maximum Gasteiger partial charge on any atom is 0.162 e. The van der Waals surface area contributed by atoms with Crippen LogP contribution in [0.3, 0.4) is 0 Å². The van der Waals surface area contributed by atoms with Gasteiger partial charge in [0.05, 0.1) is 6.20 Å². The predicted molar refractivity (Wildman–Crippen MR) is 99.6 cm³/mol. The van der Waals surface area contributed by atoms with Crippen molar-refractivity contribution in [1.82, 2.24) is 9.78 Å². The second-order valence-corrected chi connectivity index (χ2v) is 8.29. The molecule has 0 radical (unpaired) electrons. The number of aromatic nitrogens is 2. The number of carbonyl (C=O) groups is 1. The molecule has 1 aromatic heterocycles. The molecule has 2 aliphatic rings. The van der Waals surface area contributed by atoms with E-state index in [1.807, 2.05) is 29.1 Å². The second-order valence-electron chi connectivity index (χ2n) is 8.29. The van der Waals surface area contributed by atoms with Crippen LogP contribution in [0.25, 0.3) is 0 Å². The Bertz CT molecular complexity index is 859. The quantitative estimate of drug-likeness (QED) is 0.868. The van der Waals surface area contributed by atoms with E-state index in [2.05, 4.69) is 50.2 Å². The summed E-state index contributed by atoms with van der Waals surface area (Å²) in [6.45, 7) is 8.60. The molecule has 1 unspecified atom stereocenters. The summed E-state index contributed by atoms with van der Waals surface area (Å²) < 4.78 is 2.03. The lowest BCUT2D eigenvalue weighted by molar-refractivity contribution is -0.118. The van der Waals surface area contributed by atoms with Crippen molar-refractivity contribution in [2.24, 2.45) is 5.41 Å². The summed E-state index contributed by atoms with van der Waals surface area (Å²) >= 11 is 0. The summed E-state index contributed by atoms with van der Waals surface area (Å²) in [5, 5.41) is 8.18. The normalized spacial score (nSPS) is 21.8. The number of fused-ring (bicyclic) bond motifs is 1. The fourth-order valence-corrected chi connectivity index (χ4v) is 4.18. The smallest absolute Gasteiger partial charge is 0.162 e. The van der Waals surface area contributed by atoms with E-state index in [1.165, 1.54) is 0 Å². The molecule has 1 atom stereocenters. The van der Waals surface area contributed by atoms with Crippen LogP contribution < -0.4 is 5.32 Å². The van der Waals surface area contributed by atoms with E-state index in [0.717, 1.165) is 34.6 Å². The summed E-state index contributed by atoms with van der Waals surface area (Å²) in [6.07, 6.45) is 3.42. The minimum absolute atomic E-state index is 0.00958. The van der Waals surface area contributed by atoms with Crippen molar-refractivity contribution in [3.8, 4) is 0 Å². The third kappa shape index (κ3) is 2.60. The molecule has 1 aromatic carbocycles. The molecular weight excluding hydrogens is 310 g/mol. The van der Waals surface area contributed by atoms with Crippen molar-refractivity contribution in [3.05, 3.63) is 58.9 Å². The summed E-state index contributed by atoms with van der Waals surface area (Å²) in [5.74, 6) is 1.27. The van der Waals surface area contributed by atoms with E-state index in [1.54, 1.807) is 0 Å². The van der Waals surface area contributed by atoms with E-state index in [9.17, 15) is 4.79 Å². The molecule has 1 N–H and O–H groups in total. The highest BCUT2D eigenvalue weighted by Gasteiger charge is 2.41. The third-order valence-electron chi connectivity index (χ3n) is 5.23. The Morgan fingerprint density at radius 1 is 1.20 bits per heavy atom. The van der Waals surface area contributed by atoms with Crippen molar-refractivity contribution in [2.75, 3.05) is 5.32 Å². The van der Waals surface area contributed by atoms with Crippen LogP contribution in [0.2, 0.25) is 0 Å². The van der Waals surface area contributed by atoms with Gasteiger partial charge in [-0.05, 0) is 31.2 Å². The highest BCUT2D eigenvalue weighted by atomic mass is 16.1. The van der Waals surface area contributed by atoms with E-state index in [-0.39, 0.29) is 23.2 Å². The fraction of sp³-hybridized carbons (Fsp3) is 0.429. The van der Waals surface area contributed by atoms with Gasteiger partial charge in [-0.2, -0.15) is 5.10 Å². The molecule has 4 heteroatoms. The van der Waals surface area contributed by atoms with Crippen molar-refractivity contribution >= 4 is 11.6 Å². The zero-order valence-corrected chi connectivity index (χ0v) is 15.3. The number of hydrogen-bond donors (Lipinski definition) is 1. The highest BCUT2D eigenvalue weighted by molar-refractivity contribution is 6.01. The molecule has 1 aliphatic carbocycles. The van der Waals surface area contributed by atoms with Crippen LogP contribution in [0.5, 0.6) is 0 Å². The van der Waals surface area contributed by atoms with Crippen LogP contribution in [0.15, 0.2) is 47.8 Å². The summed E-state index contributed by atoms with van der Waals surface area (Å²) in [4.78, 5) is 13.1. The standard InChI is InChI=1S/C21H25N3O/c1-13(2)24-20-15(12-22-24)18(14-8-6-5-7-9-14)19-16(23-20)10-21(3,4)11-17(19)25/h5-9,12-13,18,23H,10-11H2,1-4H3. The van der Waals surface area contributed by atoms with Gasteiger partial charge < -0.3 is 5.32 Å². The van der Waals surface area contributed by atoms with Crippen LogP contribution in [-0.2, 0) is 4.79 Å². The lowest BCUT2D eigenvalue weighted by Crippen LogP contribution is -2.34. The fourth-order valence-electron chi connectivity index (χ4n) is 4.18. The van der Waals surface area contributed by atoms with E-state index >= 15 is 0 Å². The minimum atomic E-state index is -0.0245. The molecule has 25 heavy (non-hydrogen) atoms. The summed E-state index contributed by atoms with van der Waals surface area (Å²) in [6, 6.07) is 10.6. The number of rotatable bonds is 2. The molecule has 0 saturated carbocycles. The largest absolute Gasteiger partial charge is 0.343 e. The number of nitrogens with one attached hydrogen (secondary N) is 1. The van der Waals surface area contributed by atoms with Gasteiger partial charge in [0.1, 0.15) is 5.82 Å². The Kier molecular flexibility index (Phi) is 3.60. The molecule has 0 amide bonds. The SMILES string of the molecule is CC(C)n1ncc2c1NC1=C(C(=O)CC(C)(C)C1)C2c1ccccc1. The van der Waals surface area contributed by atoms with Gasteiger partial charge in [0.15, 0.2) is 5.78 Å². The Morgan fingerprint density at radius 2 is 1.92 bits per heavy atom. The first kappa shape index (κ1) is 16.1. The van der Waals surface area contributed by atoms with Crippen molar-refractivity contribution < 1.29 is 4.79 Å². The molecule has 0 saturated heterocycles. The van der Waals surface area contributed by atoms with Crippen LogP contribution in [0.4, 0.5) is 5.82 Å². The van der Waals surface area contributed by atoms with Gasteiger partial charge in [-0.25, -0.2) is 4.68 Å². The summed E-state index contributed by atoms with van der Waals surface area (Å²) in [7, 11) is 0. The number of allylic oxidation sites excluding steroid dienone is 2. The maximum absolute atomic E-state index is 13.1. The molecule has 4 nitrogen and oxygen atoms in total. The van der Waals surface area contributed by atoms with Gasteiger partial charge in [0.2, 0.25) is 0 Å². The van der Waals surface area contributed by atoms with E-state index in [4.69, 9.17) is 0 Å². The molecule has 2 heterocycles. The molecule has 2 aromatic rings. The first-order valence-electron chi connectivity index (χ1n) is 9.03. The molecule has 130 valence electrons. The number of Topliss-reactive ketones (excluding diaryl/α,β-unsaturated/α-hetero) is 1. The average molecular weight is 335 g/mol. The van der Waals surface area contributed by atoms with Crippen LogP contribution >= 0.6 is 0 Å². The van der Waals surface area contributed by atoms with Gasteiger partial charge in [-0.15, -0.1) is 0 Å². The van der Waals surface area contributed by atoms with Gasteiger partial charge in [-0.3, -0.25) is 4.79 Å². The highest BCUT2D eigenvalue weighted by Crippen LogP contribution is 2.49. The Morgan fingerprint density at radius 3 is 2.60 bits per heavy atom. The van der Waals surface area contributed by atoms with Gasteiger partial charge >= 0.3 is 0 Å². The van der Waals surface area contributed by atoms with Crippen LogP contribution in [0.1, 0.15) is 63.6 Å². The predicted octanol–water partition coefficient (Wildman–Crippen LogP) is 4.66. The average Bonchev–Trinajstić information content (AvgIpc) is 2.96. The summed E-state index contributed by atoms with van der Waals surface area (Å²) in [5.41, 5.74) is 4.26. The molecular formula is C21H25N3O. The molecule has 0 spiro atoms. The van der Waals surface area contributed by atoms with Crippen molar-refractivity contribution in [3.63, 3.8) is 0 Å². The van der Waals surface area contributed by atoms with Crippen LogP contribution in [-0.4, -0.2) is 15.6 Å². The van der Waals surface area contributed by atoms with E-state index < -0.39 is 0 Å². The lowest BCUT2D eigenvalue weighted by atomic mass is 9.69. The number of anilines is 1. The number of ketones is 1. The lowest BCUT2D eigenvalue weighted by Gasteiger charge is -2.38. The van der Waals surface area contributed by atoms with Gasteiger partial charge in [0.25, 0.3) is 0 Å². The number of nitrogens with zero attached hydrogens (tertiary/aromatic N) is 2. The Balaban J connectivity index is 1.93. The van der Waals surface area contributed by atoms with Crippen LogP contribution in [0, 0.1) is 5.41 Å². The second kappa shape index (κ2) is 5.58. The van der Waals surface area contributed by atoms with Crippen molar-refractivity contribution in [1.29, 1.82) is 0 Å².